The second kappa shape index (κ2) is 7.01. The summed E-state index contributed by atoms with van der Waals surface area (Å²) >= 11 is 1.64. The van der Waals surface area contributed by atoms with Gasteiger partial charge in [-0.1, -0.05) is 0 Å². The zero-order chi connectivity index (χ0) is 18.1. The number of nitrogens with zero attached hydrogens (tertiary/aromatic N) is 3. The van der Waals surface area contributed by atoms with Crippen LogP contribution in [0.2, 0.25) is 0 Å². The van der Waals surface area contributed by atoms with Gasteiger partial charge in [0.05, 0.1) is 28.3 Å². The fourth-order valence-corrected chi connectivity index (χ4v) is 4.30. The average Bonchev–Trinajstić information content (AvgIpc) is 3.31. The highest BCUT2D eigenvalue weighted by atomic mass is 32.1. The normalized spacial score (nSPS) is 20.3. The number of carbonyl (C=O) groups is 1. The summed E-state index contributed by atoms with van der Waals surface area (Å²) in [6, 6.07) is 7.95. The third-order valence-corrected chi connectivity index (χ3v) is 5.57. The molecule has 1 aliphatic rings. The number of nitrogens with one attached hydrogen (secondary N) is 1. The number of H-pyrrole nitrogens is 1. The van der Waals surface area contributed by atoms with Crippen LogP contribution < -0.4 is 4.90 Å². The number of ether oxygens (including phenoxy) is 1. The van der Waals surface area contributed by atoms with Crippen molar-refractivity contribution >= 4 is 23.4 Å². The largest absolute Gasteiger partial charge is 0.372 e. The molecule has 0 aromatic carbocycles. The molecule has 0 aliphatic carbocycles. The van der Waals surface area contributed by atoms with Crippen LogP contribution in [0.25, 0.3) is 21.0 Å². The minimum atomic E-state index is 0.119. The smallest absolute Gasteiger partial charge is 0.153 e. The van der Waals surface area contributed by atoms with Gasteiger partial charge in [-0.3, -0.25) is 9.89 Å². The fourth-order valence-electron chi connectivity index (χ4n) is 3.34. The molecule has 2 unspecified atom stereocenters. The minimum Gasteiger partial charge on any atom is -0.372 e. The Morgan fingerprint density at radius 1 is 1.23 bits per heavy atom. The van der Waals surface area contributed by atoms with Crippen molar-refractivity contribution in [3.8, 4) is 21.0 Å². The zero-order valence-electron chi connectivity index (χ0n) is 14.7. The Morgan fingerprint density at radius 3 is 2.69 bits per heavy atom. The number of anilines is 1. The molecule has 1 N–H and O–H groups in total. The monoisotopic (exact) mass is 368 g/mol. The Balaban J connectivity index is 1.64. The second-order valence-electron chi connectivity index (χ2n) is 6.55. The molecule has 26 heavy (non-hydrogen) atoms. The van der Waals surface area contributed by atoms with E-state index in [9.17, 15) is 4.79 Å². The Kier molecular flexibility index (Phi) is 4.57. The summed E-state index contributed by atoms with van der Waals surface area (Å²) in [4.78, 5) is 20.6. The predicted molar refractivity (Wildman–Crippen MR) is 103 cm³/mol. The first-order chi connectivity index (χ1) is 12.6. The van der Waals surface area contributed by atoms with Gasteiger partial charge in [0.1, 0.15) is 5.82 Å². The van der Waals surface area contributed by atoms with Crippen LogP contribution in [0.4, 0.5) is 5.82 Å². The van der Waals surface area contributed by atoms with Gasteiger partial charge in [-0.25, -0.2) is 4.98 Å². The lowest BCUT2D eigenvalue weighted by atomic mass is 10.1. The van der Waals surface area contributed by atoms with Crippen LogP contribution in [0.15, 0.2) is 36.7 Å². The van der Waals surface area contributed by atoms with Crippen LogP contribution in [0.1, 0.15) is 24.2 Å². The van der Waals surface area contributed by atoms with Gasteiger partial charge in [0.15, 0.2) is 6.29 Å². The maximum absolute atomic E-state index is 11.7. The molecule has 0 amide bonds. The molecule has 0 spiro atoms. The molecule has 3 aromatic heterocycles. The molecule has 1 saturated heterocycles. The molecule has 1 aliphatic heterocycles. The Bertz CT molecular complexity index is 896. The molecule has 7 heteroatoms. The zero-order valence-corrected chi connectivity index (χ0v) is 15.5. The van der Waals surface area contributed by atoms with Crippen molar-refractivity contribution in [3.63, 3.8) is 0 Å². The van der Waals surface area contributed by atoms with Crippen LogP contribution in [0.5, 0.6) is 0 Å². The highest BCUT2D eigenvalue weighted by Crippen LogP contribution is 2.34. The number of pyridine rings is 1. The van der Waals surface area contributed by atoms with Crippen molar-refractivity contribution in [1.29, 1.82) is 0 Å². The molecule has 4 heterocycles. The Labute approximate surface area is 155 Å². The van der Waals surface area contributed by atoms with Crippen molar-refractivity contribution in [1.82, 2.24) is 15.2 Å². The second-order valence-corrected chi connectivity index (χ2v) is 7.63. The average molecular weight is 368 g/mol. The molecular formula is C19H20N4O2S. The topological polar surface area (TPSA) is 71.1 Å². The van der Waals surface area contributed by atoms with Gasteiger partial charge in [0.25, 0.3) is 0 Å². The van der Waals surface area contributed by atoms with E-state index in [0.717, 1.165) is 46.2 Å². The third-order valence-electron chi connectivity index (χ3n) is 4.40. The van der Waals surface area contributed by atoms with E-state index in [1.807, 2.05) is 44.3 Å². The summed E-state index contributed by atoms with van der Waals surface area (Å²) in [6.07, 6.45) is 4.71. The van der Waals surface area contributed by atoms with Crippen LogP contribution in [0.3, 0.4) is 0 Å². The van der Waals surface area contributed by atoms with E-state index in [1.165, 1.54) is 0 Å². The van der Waals surface area contributed by atoms with Gasteiger partial charge < -0.3 is 9.64 Å². The van der Waals surface area contributed by atoms with Crippen molar-refractivity contribution in [2.75, 3.05) is 18.0 Å². The predicted octanol–water partition coefficient (Wildman–Crippen LogP) is 3.63. The van der Waals surface area contributed by atoms with Crippen LogP contribution in [-0.2, 0) is 4.74 Å². The number of aromatic amines is 1. The van der Waals surface area contributed by atoms with Crippen LogP contribution in [0, 0.1) is 0 Å². The van der Waals surface area contributed by atoms with Gasteiger partial charge in [-0.2, -0.15) is 5.10 Å². The van der Waals surface area contributed by atoms with Gasteiger partial charge in [0, 0.05) is 35.9 Å². The van der Waals surface area contributed by atoms with Crippen molar-refractivity contribution in [2.24, 2.45) is 0 Å². The van der Waals surface area contributed by atoms with E-state index >= 15 is 0 Å². The number of aromatic nitrogens is 3. The summed E-state index contributed by atoms with van der Waals surface area (Å²) in [5.41, 5.74) is 2.54. The van der Waals surface area contributed by atoms with Gasteiger partial charge >= 0.3 is 0 Å². The Hall–Kier alpha value is -2.51. The standard InChI is InChI=1S/C19H20N4O2S/c1-12-9-23(10-13(2)25-12)19-15(11-24)7-14(8-20-19)17-3-4-18(26-17)16-5-6-21-22-16/h3-8,11-13H,9-10H2,1-2H3,(H,21,22). The lowest BCUT2D eigenvalue weighted by Gasteiger charge is -2.36. The molecule has 2 atom stereocenters. The van der Waals surface area contributed by atoms with Crippen LogP contribution in [-0.4, -0.2) is 46.8 Å². The number of carbonyl (C=O) groups excluding carboxylic acids is 1. The first-order valence-electron chi connectivity index (χ1n) is 8.59. The quantitative estimate of drug-likeness (QED) is 0.712. The van der Waals surface area contributed by atoms with E-state index in [2.05, 4.69) is 20.1 Å². The molecule has 6 nitrogen and oxygen atoms in total. The van der Waals surface area contributed by atoms with Gasteiger partial charge in [-0.15, -0.1) is 11.3 Å². The summed E-state index contributed by atoms with van der Waals surface area (Å²) < 4.78 is 5.78. The number of hydrogen-bond donors (Lipinski definition) is 1. The fraction of sp³-hybridized carbons (Fsp3) is 0.316. The van der Waals surface area contributed by atoms with E-state index in [4.69, 9.17) is 4.74 Å². The number of aldehydes is 1. The number of thiophene rings is 1. The van der Waals surface area contributed by atoms with Crippen molar-refractivity contribution < 1.29 is 9.53 Å². The number of hydrogen-bond acceptors (Lipinski definition) is 6. The molecule has 0 bridgehead atoms. The first-order valence-corrected chi connectivity index (χ1v) is 9.41. The summed E-state index contributed by atoms with van der Waals surface area (Å²) in [7, 11) is 0. The Morgan fingerprint density at radius 2 is 2.00 bits per heavy atom. The molecule has 0 radical (unpaired) electrons. The summed E-state index contributed by atoms with van der Waals surface area (Å²) in [6.45, 7) is 5.56. The van der Waals surface area contributed by atoms with Crippen molar-refractivity contribution in [2.45, 2.75) is 26.1 Å². The van der Waals surface area contributed by atoms with Crippen molar-refractivity contribution in [3.05, 3.63) is 42.2 Å². The molecular weight excluding hydrogens is 348 g/mol. The van der Waals surface area contributed by atoms with E-state index in [0.29, 0.717) is 5.56 Å². The molecule has 4 rings (SSSR count). The number of morpholine rings is 1. The molecule has 0 saturated carbocycles. The first kappa shape index (κ1) is 16.9. The third kappa shape index (κ3) is 3.27. The van der Waals surface area contributed by atoms with E-state index in [-0.39, 0.29) is 12.2 Å². The SMILES string of the molecule is CC1CN(c2ncc(-c3ccc(-c4ccn[nH]4)s3)cc2C=O)CC(C)O1. The molecule has 134 valence electrons. The van der Waals surface area contributed by atoms with Gasteiger partial charge in [-0.05, 0) is 38.1 Å². The van der Waals surface area contributed by atoms with E-state index < -0.39 is 0 Å². The van der Waals surface area contributed by atoms with E-state index in [1.54, 1.807) is 17.5 Å². The lowest BCUT2D eigenvalue weighted by molar-refractivity contribution is -0.00549. The minimum absolute atomic E-state index is 0.119. The highest BCUT2D eigenvalue weighted by Gasteiger charge is 2.25. The summed E-state index contributed by atoms with van der Waals surface area (Å²) in [5.74, 6) is 0.732. The molecule has 3 aromatic rings. The lowest BCUT2D eigenvalue weighted by Crippen LogP contribution is -2.46. The summed E-state index contributed by atoms with van der Waals surface area (Å²) in [5, 5.41) is 6.96. The maximum atomic E-state index is 11.7. The highest BCUT2D eigenvalue weighted by molar-refractivity contribution is 7.18. The van der Waals surface area contributed by atoms with Crippen LogP contribution >= 0.6 is 11.3 Å². The molecule has 1 fully saturated rings. The van der Waals surface area contributed by atoms with Gasteiger partial charge in [0.2, 0.25) is 0 Å². The number of rotatable bonds is 4. The maximum Gasteiger partial charge on any atom is 0.153 e.